The van der Waals surface area contributed by atoms with Gasteiger partial charge < -0.3 is 4.57 Å². The van der Waals surface area contributed by atoms with E-state index in [1.807, 2.05) is 0 Å². The van der Waals surface area contributed by atoms with Crippen LogP contribution in [0.25, 0.3) is 0 Å². The van der Waals surface area contributed by atoms with E-state index < -0.39 is 0 Å². The van der Waals surface area contributed by atoms with Crippen molar-refractivity contribution >= 4 is 0 Å². The predicted octanol–water partition coefficient (Wildman–Crippen LogP) is 3.83. The van der Waals surface area contributed by atoms with Crippen LogP contribution in [0.4, 0.5) is 0 Å². The van der Waals surface area contributed by atoms with Gasteiger partial charge in [0.05, 0.1) is 0 Å². The van der Waals surface area contributed by atoms with Gasteiger partial charge in [-0.3, -0.25) is 4.90 Å². The molecule has 1 aromatic carbocycles. The standard InChI is InChI=1S/C18H24N2/c1-16-12-18(15-19-10-6-3-7-11-19)20(13-16)14-17-8-4-2-5-9-17/h2,4-5,8-9,12-13H,3,6-7,10-11,14-15H2,1H3. The maximum Gasteiger partial charge on any atom is 0.0473 e. The number of hydrogen-bond donors (Lipinski definition) is 0. The summed E-state index contributed by atoms with van der Waals surface area (Å²) in [6.45, 7) is 6.80. The molecule has 20 heavy (non-hydrogen) atoms. The van der Waals surface area contributed by atoms with E-state index in [1.54, 1.807) is 0 Å². The third-order valence-electron chi connectivity index (χ3n) is 4.15. The number of aryl methyl sites for hydroxylation is 1. The lowest BCUT2D eigenvalue weighted by Crippen LogP contribution is -2.30. The Balaban J connectivity index is 1.73. The van der Waals surface area contributed by atoms with E-state index in [9.17, 15) is 0 Å². The van der Waals surface area contributed by atoms with Crippen molar-refractivity contribution in [3.63, 3.8) is 0 Å². The SMILES string of the molecule is Cc1cc(CN2CCCCC2)n(Cc2ccccc2)c1. The summed E-state index contributed by atoms with van der Waals surface area (Å²) < 4.78 is 2.42. The van der Waals surface area contributed by atoms with Gasteiger partial charge in [-0.15, -0.1) is 0 Å². The van der Waals surface area contributed by atoms with Gasteiger partial charge in [-0.2, -0.15) is 0 Å². The maximum absolute atomic E-state index is 2.60. The van der Waals surface area contributed by atoms with Gasteiger partial charge >= 0.3 is 0 Å². The molecule has 2 aromatic rings. The van der Waals surface area contributed by atoms with Crippen molar-refractivity contribution in [3.8, 4) is 0 Å². The second kappa shape index (κ2) is 6.27. The highest BCUT2D eigenvalue weighted by atomic mass is 15.1. The van der Waals surface area contributed by atoms with Crippen molar-refractivity contribution in [1.82, 2.24) is 9.47 Å². The van der Waals surface area contributed by atoms with Crippen molar-refractivity contribution in [2.75, 3.05) is 13.1 Å². The lowest BCUT2D eigenvalue weighted by molar-refractivity contribution is 0.216. The molecule has 1 aliphatic heterocycles. The first-order valence-electron chi connectivity index (χ1n) is 7.73. The van der Waals surface area contributed by atoms with E-state index in [4.69, 9.17) is 0 Å². The Morgan fingerprint density at radius 1 is 0.950 bits per heavy atom. The Kier molecular flexibility index (Phi) is 4.22. The number of piperidine rings is 1. The molecular formula is C18H24N2. The first kappa shape index (κ1) is 13.4. The molecule has 0 atom stereocenters. The molecule has 0 bridgehead atoms. The summed E-state index contributed by atoms with van der Waals surface area (Å²) in [5.41, 5.74) is 4.20. The van der Waals surface area contributed by atoms with Crippen molar-refractivity contribution in [3.05, 3.63) is 59.4 Å². The highest BCUT2D eigenvalue weighted by Gasteiger charge is 2.13. The van der Waals surface area contributed by atoms with Crippen molar-refractivity contribution in [2.24, 2.45) is 0 Å². The summed E-state index contributed by atoms with van der Waals surface area (Å²) in [6.07, 6.45) is 6.41. The fraction of sp³-hybridized carbons (Fsp3) is 0.444. The van der Waals surface area contributed by atoms with Gasteiger partial charge in [-0.05, 0) is 50.0 Å². The number of likely N-dealkylation sites (tertiary alicyclic amines) is 1. The van der Waals surface area contributed by atoms with Crippen LogP contribution in [0.15, 0.2) is 42.6 Å². The minimum atomic E-state index is 0.984. The molecule has 0 N–H and O–H groups in total. The zero-order valence-electron chi connectivity index (χ0n) is 12.4. The van der Waals surface area contributed by atoms with Crippen LogP contribution in [-0.2, 0) is 13.1 Å². The Labute approximate surface area is 122 Å². The Hall–Kier alpha value is -1.54. The second-order valence-electron chi connectivity index (χ2n) is 5.96. The molecule has 2 heteroatoms. The molecule has 2 nitrogen and oxygen atoms in total. The van der Waals surface area contributed by atoms with Crippen LogP contribution in [-0.4, -0.2) is 22.6 Å². The number of benzene rings is 1. The highest BCUT2D eigenvalue weighted by Crippen LogP contribution is 2.16. The zero-order valence-corrected chi connectivity index (χ0v) is 12.4. The zero-order chi connectivity index (χ0) is 13.8. The predicted molar refractivity (Wildman–Crippen MR) is 83.8 cm³/mol. The van der Waals surface area contributed by atoms with Crippen LogP contribution in [0.1, 0.15) is 36.1 Å². The van der Waals surface area contributed by atoms with Gasteiger partial charge in [0.2, 0.25) is 0 Å². The van der Waals surface area contributed by atoms with E-state index in [0.717, 1.165) is 13.1 Å². The molecule has 106 valence electrons. The average Bonchev–Trinajstić information content (AvgIpc) is 2.81. The summed E-state index contributed by atoms with van der Waals surface area (Å²) in [5.74, 6) is 0. The van der Waals surface area contributed by atoms with Crippen molar-refractivity contribution in [2.45, 2.75) is 39.3 Å². The molecule has 2 heterocycles. The van der Waals surface area contributed by atoms with E-state index in [-0.39, 0.29) is 0 Å². The summed E-state index contributed by atoms with van der Waals surface area (Å²) in [5, 5.41) is 0. The van der Waals surface area contributed by atoms with Crippen LogP contribution < -0.4 is 0 Å². The van der Waals surface area contributed by atoms with E-state index in [1.165, 1.54) is 49.2 Å². The molecule has 1 aliphatic rings. The highest BCUT2D eigenvalue weighted by molar-refractivity contribution is 5.21. The lowest BCUT2D eigenvalue weighted by Gasteiger charge is -2.26. The molecule has 0 aliphatic carbocycles. The number of aromatic nitrogens is 1. The minimum absolute atomic E-state index is 0.984. The largest absolute Gasteiger partial charge is 0.346 e. The molecule has 0 spiro atoms. The molecule has 0 unspecified atom stereocenters. The molecule has 0 saturated carbocycles. The molecule has 0 amide bonds. The topological polar surface area (TPSA) is 8.17 Å². The molecule has 1 fully saturated rings. The molecular weight excluding hydrogens is 244 g/mol. The molecule has 3 rings (SSSR count). The lowest BCUT2D eigenvalue weighted by atomic mass is 10.1. The average molecular weight is 268 g/mol. The third-order valence-corrected chi connectivity index (χ3v) is 4.15. The van der Waals surface area contributed by atoms with Crippen LogP contribution in [0.5, 0.6) is 0 Å². The van der Waals surface area contributed by atoms with Crippen LogP contribution >= 0.6 is 0 Å². The van der Waals surface area contributed by atoms with E-state index >= 15 is 0 Å². The first-order valence-corrected chi connectivity index (χ1v) is 7.73. The fourth-order valence-electron chi connectivity index (χ4n) is 3.12. The van der Waals surface area contributed by atoms with Gasteiger partial charge in [-0.25, -0.2) is 0 Å². The summed E-state index contributed by atoms with van der Waals surface area (Å²) in [6, 6.07) is 13.1. The van der Waals surface area contributed by atoms with E-state index in [0.29, 0.717) is 0 Å². The maximum atomic E-state index is 2.60. The summed E-state index contributed by atoms with van der Waals surface area (Å²) in [7, 11) is 0. The van der Waals surface area contributed by atoms with Crippen molar-refractivity contribution < 1.29 is 0 Å². The Morgan fingerprint density at radius 3 is 2.45 bits per heavy atom. The number of nitrogens with zero attached hydrogens (tertiary/aromatic N) is 2. The normalized spacial score (nSPS) is 16.4. The fourth-order valence-corrected chi connectivity index (χ4v) is 3.12. The van der Waals surface area contributed by atoms with Gasteiger partial charge in [0.15, 0.2) is 0 Å². The first-order chi connectivity index (χ1) is 9.81. The molecule has 0 radical (unpaired) electrons. The quantitative estimate of drug-likeness (QED) is 0.818. The second-order valence-corrected chi connectivity index (χ2v) is 5.96. The monoisotopic (exact) mass is 268 g/mol. The Morgan fingerprint density at radius 2 is 1.70 bits per heavy atom. The number of rotatable bonds is 4. The van der Waals surface area contributed by atoms with Crippen LogP contribution in [0.3, 0.4) is 0 Å². The number of hydrogen-bond acceptors (Lipinski definition) is 1. The van der Waals surface area contributed by atoms with Gasteiger partial charge in [0.25, 0.3) is 0 Å². The van der Waals surface area contributed by atoms with E-state index in [2.05, 4.69) is 59.0 Å². The van der Waals surface area contributed by atoms with Crippen molar-refractivity contribution in [1.29, 1.82) is 0 Å². The van der Waals surface area contributed by atoms with Crippen LogP contribution in [0, 0.1) is 6.92 Å². The van der Waals surface area contributed by atoms with Gasteiger partial charge in [-0.1, -0.05) is 36.8 Å². The Bertz CT molecular complexity index is 536. The third kappa shape index (κ3) is 3.31. The summed E-state index contributed by atoms with van der Waals surface area (Å²) in [4.78, 5) is 2.60. The van der Waals surface area contributed by atoms with Crippen LogP contribution in [0.2, 0.25) is 0 Å². The molecule has 1 saturated heterocycles. The van der Waals surface area contributed by atoms with Gasteiger partial charge in [0.1, 0.15) is 0 Å². The molecule has 1 aromatic heterocycles. The smallest absolute Gasteiger partial charge is 0.0473 e. The summed E-state index contributed by atoms with van der Waals surface area (Å²) >= 11 is 0. The minimum Gasteiger partial charge on any atom is -0.346 e. The van der Waals surface area contributed by atoms with Gasteiger partial charge in [0, 0.05) is 25.0 Å².